The summed E-state index contributed by atoms with van der Waals surface area (Å²) in [4.78, 5) is 8.64. The first-order chi connectivity index (χ1) is 7.23. The normalized spacial score (nSPS) is 14.9. The lowest BCUT2D eigenvalue weighted by Gasteiger charge is -2.28. The third-order valence-electron chi connectivity index (χ3n) is 3.07. The van der Waals surface area contributed by atoms with E-state index in [2.05, 4.69) is 30.7 Å². The summed E-state index contributed by atoms with van der Waals surface area (Å²) in [7, 11) is 0. The SMILES string of the molecule is CCCCC(C)(CCC)c1cnccn1. The number of nitrogens with zero attached hydrogens (tertiary/aromatic N) is 2. The number of rotatable bonds is 6. The van der Waals surface area contributed by atoms with Gasteiger partial charge in [0.15, 0.2) is 0 Å². The average Bonchev–Trinajstić information content (AvgIpc) is 2.28. The number of unbranched alkanes of at least 4 members (excludes halogenated alkanes) is 1. The minimum Gasteiger partial charge on any atom is -0.261 e. The molecule has 84 valence electrons. The zero-order chi connectivity index (χ0) is 11.1. The van der Waals surface area contributed by atoms with Gasteiger partial charge in [0.1, 0.15) is 0 Å². The Balaban J connectivity index is 2.80. The molecule has 0 aliphatic carbocycles. The smallest absolute Gasteiger partial charge is 0.0645 e. The number of aromatic nitrogens is 2. The van der Waals surface area contributed by atoms with E-state index in [1.165, 1.54) is 32.1 Å². The van der Waals surface area contributed by atoms with Gasteiger partial charge in [0.05, 0.1) is 5.69 Å². The first-order valence-electron chi connectivity index (χ1n) is 5.99. The molecule has 0 spiro atoms. The van der Waals surface area contributed by atoms with Crippen molar-refractivity contribution >= 4 is 0 Å². The molecule has 1 atom stereocenters. The van der Waals surface area contributed by atoms with E-state index in [0.717, 1.165) is 5.69 Å². The largest absolute Gasteiger partial charge is 0.261 e. The zero-order valence-electron chi connectivity index (χ0n) is 10.2. The van der Waals surface area contributed by atoms with Crippen LogP contribution in [-0.2, 0) is 5.41 Å². The Labute approximate surface area is 93.2 Å². The van der Waals surface area contributed by atoms with Gasteiger partial charge < -0.3 is 0 Å². The fourth-order valence-corrected chi connectivity index (χ4v) is 2.11. The lowest BCUT2D eigenvalue weighted by Crippen LogP contribution is -2.23. The van der Waals surface area contributed by atoms with Crippen LogP contribution >= 0.6 is 0 Å². The summed E-state index contributed by atoms with van der Waals surface area (Å²) >= 11 is 0. The summed E-state index contributed by atoms with van der Waals surface area (Å²) in [6, 6.07) is 0. The van der Waals surface area contributed by atoms with Crippen LogP contribution in [-0.4, -0.2) is 9.97 Å². The summed E-state index contributed by atoms with van der Waals surface area (Å²) in [5, 5.41) is 0. The van der Waals surface area contributed by atoms with Gasteiger partial charge in [-0.3, -0.25) is 9.97 Å². The highest BCUT2D eigenvalue weighted by molar-refractivity contribution is 5.11. The third-order valence-corrected chi connectivity index (χ3v) is 3.07. The molecule has 1 aromatic heterocycles. The molecule has 1 rings (SSSR count). The molecule has 15 heavy (non-hydrogen) atoms. The predicted octanol–water partition coefficient (Wildman–Crippen LogP) is 3.72. The summed E-state index contributed by atoms with van der Waals surface area (Å²) in [6.45, 7) is 6.79. The van der Waals surface area contributed by atoms with Crippen LogP contribution in [0.15, 0.2) is 18.6 Å². The first kappa shape index (κ1) is 12.2. The minimum absolute atomic E-state index is 0.221. The van der Waals surface area contributed by atoms with Gasteiger partial charge in [-0.15, -0.1) is 0 Å². The van der Waals surface area contributed by atoms with Gasteiger partial charge in [0.2, 0.25) is 0 Å². The van der Waals surface area contributed by atoms with E-state index in [0.29, 0.717) is 0 Å². The van der Waals surface area contributed by atoms with Crippen molar-refractivity contribution in [2.24, 2.45) is 0 Å². The number of hydrogen-bond donors (Lipinski definition) is 0. The van der Waals surface area contributed by atoms with Crippen LogP contribution < -0.4 is 0 Å². The van der Waals surface area contributed by atoms with Crippen LogP contribution in [0.2, 0.25) is 0 Å². The molecule has 0 aromatic carbocycles. The standard InChI is InChI=1S/C13H22N2/c1-4-6-8-13(3,7-5-2)12-11-14-9-10-15-12/h9-11H,4-8H2,1-3H3. The van der Waals surface area contributed by atoms with Gasteiger partial charge in [-0.1, -0.05) is 40.0 Å². The third kappa shape index (κ3) is 3.29. The summed E-state index contributed by atoms with van der Waals surface area (Å²) < 4.78 is 0. The maximum atomic E-state index is 4.46. The Morgan fingerprint density at radius 3 is 2.47 bits per heavy atom. The number of hydrogen-bond acceptors (Lipinski definition) is 2. The van der Waals surface area contributed by atoms with Crippen molar-refractivity contribution in [2.75, 3.05) is 0 Å². The highest BCUT2D eigenvalue weighted by Gasteiger charge is 2.26. The maximum absolute atomic E-state index is 4.46. The van der Waals surface area contributed by atoms with E-state index in [9.17, 15) is 0 Å². The van der Waals surface area contributed by atoms with E-state index in [-0.39, 0.29) is 5.41 Å². The van der Waals surface area contributed by atoms with Crippen LogP contribution in [0.4, 0.5) is 0 Å². The predicted molar refractivity (Wildman–Crippen MR) is 63.8 cm³/mol. The van der Waals surface area contributed by atoms with Crippen LogP contribution in [0.5, 0.6) is 0 Å². The van der Waals surface area contributed by atoms with Gasteiger partial charge >= 0.3 is 0 Å². The monoisotopic (exact) mass is 206 g/mol. The lowest BCUT2D eigenvalue weighted by molar-refractivity contribution is 0.371. The van der Waals surface area contributed by atoms with Crippen LogP contribution in [0.1, 0.15) is 58.6 Å². The fourth-order valence-electron chi connectivity index (χ4n) is 2.11. The van der Waals surface area contributed by atoms with Crippen LogP contribution in [0, 0.1) is 0 Å². The Morgan fingerprint density at radius 1 is 1.13 bits per heavy atom. The molecule has 0 bridgehead atoms. The van der Waals surface area contributed by atoms with Crippen LogP contribution in [0.25, 0.3) is 0 Å². The highest BCUT2D eigenvalue weighted by Crippen LogP contribution is 2.32. The molecule has 1 aromatic rings. The molecular formula is C13H22N2. The van der Waals surface area contributed by atoms with Crippen molar-refractivity contribution in [3.63, 3.8) is 0 Å². The average molecular weight is 206 g/mol. The van der Waals surface area contributed by atoms with Crippen LogP contribution in [0.3, 0.4) is 0 Å². The van der Waals surface area contributed by atoms with E-state index in [1.807, 2.05) is 6.20 Å². The zero-order valence-corrected chi connectivity index (χ0v) is 10.2. The van der Waals surface area contributed by atoms with E-state index in [4.69, 9.17) is 0 Å². The molecule has 0 N–H and O–H groups in total. The Kier molecular flexibility index (Phi) is 4.73. The summed E-state index contributed by atoms with van der Waals surface area (Å²) in [6.07, 6.45) is 11.6. The van der Waals surface area contributed by atoms with Crippen molar-refractivity contribution in [3.8, 4) is 0 Å². The molecule has 2 nitrogen and oxygen atoms in total. The van der Waals surface area contributed by atoms with Crippen molar-refractivity contribution in [1.29, 1.82) is 0 Å². The molecule has 0 saturated heterocycles. The highest BCUT2D eigenvalue weighted by atomic mass is 14.8. The molecule has 0 aliphatic rings. The van der Waals surface area contributed by atoms with E-state index in [1.54, 1.807) is 12.4 Å². The van der Waals surface area contributed by atoms with E-state index < -0.39 is 0 Å². The molecule has 1 heterocycles. The Bertz CT molecular complexity index is 271. The molecule has 0 fully saturated rings. The minimum atomic E-state index is 0.221. The first-order valence-corrected chi connectivity index (χ1v) is 5.99. The maximum Gasteiger partial charge on any atom is 0.0645 e. The summed E-state index contributed by atoms with van der Waals surface area (Å²) in [5.74, 6) is 0. The van der Waals surface area contributed by atoms with Gasteiger partial charge in [0.25, 0.3) is 0 Å². The van der Waals surface area contributed by atoms with Gasteiger partial charge in [-0.2, -0.15) is 0 Å². The van der Waals surface area contributed by atoms with Crippen molar-refractivity contribution in [1.82, 2.24) is 9.97 Å². The topological polar surface area (TPSA) is 25.8 Å². The second-order valence-electron chi connectivity index (χ2n) is 4.50. The van der Waals surface area contributed by atoms with Crippen molar-refractivity contribution in [2.45, 2.75) is 58.3 Å². The van der Waals surface area contributed by atoms with Gasteiger partial charge in [-0.25, -0.2) is 0 Å². The van der Waals surface area contributed by atoms with Gasteiger partial charge in [-0.05, 0) is 12.8 Å². The molecular weight excluding hydrogens is 184 g/mol. The van der Waals surface area contributed by atoms with Crippen molar-refractivity contribution < 1.29 is 0 Å². The molecule has 0 amide bonds. The van der Waals surface area contributed by atoms with E-state index >= 15 is 0 Å². The second kappa shape index (κ2) is 5.84. The Morgan fingerprint density at radius 2 is 1.93 bits per heavy atom. The Hall–Kier alpha value is -0.920. The lowest BCUT2D eigenvalue weighted by atomic mass is 9.78. The molecule has 1 unspecified atom stereocenters. The molecule has 2 heteroatoms. The second-order valence-corrected chi connectivity index (χ2v) is 4.50. The quantitative estimate of drug-likeness (QED) is 0.709. The molecule has 0 aliphatic heterocycles. The molecule has 0 radical (unpaired) electrons. The molecule has 0 saturated carbocycles. The summed E-state index contributed by atoms with van der Waals surface area (Å²) in [5.41, 5.74) is 1.37. The van der Waals surface area contributed by atoms with Gasteiger partial charge in [0, 0.05) is 24.0 Å². The fraction of sp³-hybridized carbons (Fsp3) is 0.692. The van der Waals surface area contributed by atoms with Crippen molar-refractivity contribution in [3.05, 3.63) is 24.3 Å².